The largest absolute Gasteiger partial charge is 0.496 e. The Balaban J connectivity index is 2.21. The van der Waals surface area contributed by atoms with E-state index in [1.807, 2.05) is 24.3 Å². The zero-order valence-corrected chi connectivity index (χ0v) is 11.3. The van der Waals surface area contributed by atoms with E-state index in [4.69, 9.17) is 9.84 Å². The number of aromatic carboxylic acids is 1. The van der Waals surface area contributed by atoms with Crippen LogP contribution in [-0.4, -0.2) is 35.2 Å². The molecule has 0 atom stereocenters. The quantitative estimate of drug-likeness (QED) is 0.895. The first-order valence-electron chi connectivity index (χ1n) is 6.01. The Morgan fingerprint density at radius 3 is 2.80 bits per heavy atom. The molecule has 0 aliphatic carbocycles. The number of rotatable bonds is 5. The molecule has 0 unspecified atom stereocenters. The lowest BCUT2D eigenvalue weighted by molar-refractivity contribution is 0.0690. The molecule has 1 aromatic carbocycles. The third kappa shape index (κ3) is 3.03. The molecule has 0 saturated heterocycles. The van der Waals surface area contributed by atoms with Gasteiger partial charge in [0, 0.05) is 25.4 Å². The Hall–Kier alpha value is -2.63. The molecule has 20 heavy (non-hydrogen) atoms. The van der Waals surface area contributed by atoms with Crippen molar-refractivity contribution in [2.24, 2.45) is 0 Å². The van der Waals surface area contributed by atoms with Gasteiger partial charge in [-0.3, -0.25) is 0 Å². The van der Waals surface area contributed by atoms with E-state index in [-0.39, 0.29) is 5.69 Å². The molecule has 0 spiro atoms. The Labute approximate surface area is 116 Å². The molecule has 1 aromatic heterocycles. The van der Waals surface area contributed by atoms with Gasteiger partial charge in [-0.2, -0.15) is 0 Å². The van der Waals surface area contributed by atoms with Crippen molar-refractivity contribution < 1.29 is 14.6 Å². The predicted octanol–water partition coefficient (Wildman–Crippen LogP) is 1.82. The molecule has 6 heteroatoms. The highest BCUT2D eigenvalue weighted by molar-refractivity contribution is 5.85. The number of para-hydroxylation sites is 1. The predicted molar refractivity (Wildman–Crippen MR) is 74.1 cm³/mol. The molecule has 0 amide bonds. The summed E-state index contributed by atoms with van der Waals surface area (Å²) in [6.07, 6.45) is 1.44. The zero-order chi connectivity index (χ0) is 14.5. The third-order valence-electron chi connectivity index (χ3n) is 2.80. The lowest BCUT2D eigenvalue weighted by Crippen LogP contribution is -2.20. The van der Waals surface area contributed by atoms with Crippen molar-refractivity contribution in [2.75, 3.05) is 19.1 Å². The van der Waals surface area contributed by atoms with Crippen molar-refractivity contribution in [1.29, 1.82) is 0 Å². The van der Waals surface area contributed by atoms with E-state index in [9.17, 15) is 4.79 Å². The summed E-state index contributed by atoms with van der Waals surface area (Å²) < 4.78 is 5.28. The van der Waals surface area contributed by atoms with Crippen LogP contribution in [-0.2, 0) is 6.54 Å². The first-order valence-corrected chi connectivity index (χ1v) is 6.01. The summed E-state index contributed by atoms with van der Waals surface area (Å²) in [6.45, 7) is 0.521. The minimum Gasteiger partial charge on any atom is -0.496 e. The smallest absolute Gasteiger partial charge is 0.354 e. The fourth-order valence-electron chi connectivity index (χ4n) is 1.81. The van der Waals surface area contributed by atoms with E-state index >= 15 is 0 Å². The standard InChI is InChI=1S/C14H15N3O3/c1-17(9-10-5-3-4-6-12(10)20-2)14-15-8-7-11(16-14)13(18)19/h3-8H,9H2,1-2H3,(H,18,19). The summed E-state index contributed by atoms with van der Waals surface area (Å²) in [7, 11) is 3.41. The van der Waals surface area contributed by atoms with Gasteiger partial charge in [-0.05, 0) is 12.1 Å². The van der Waals surface area contributed by atoms with E-state index in [1.54, 1.807) is 19.1 Å². The van der Waals surface area contributed by atoms with Gasteiger partial charge in [0.1, 0.15) is 5.75 Å². The van der Waals surface area contributed by atoms with Crippen molar-refractivity contribution in [3.8, 4) is 5.75 Å². The van der Waals surface area contributed by atoms with Gasteiger partial charge >= 0.3 is 5.97 Å². The number of aromatic nitrogens is 2. The average molecular weight is 273 g/mol. The first-order chi connectivity index (χ1) is 9.61. The minimum absolute atomic E-state index is 0.0260. The van der Waals surface area contributed by atoms with E-state index in [0.717, 1.165) is 11.3 Å². The maximum Gasteiger partial charge on any atom is 0.354 e. The van der Waals surface area contributed by atoms with Crippen molar-refractivity contribution in [1.82, 2.24) is 9.97 Å². The summed E-state index contributed by atoms with van der Waals surface area (Å²) in [5, 5.41) is 8.93. The number of hydrogen-bond donors (Lipinski definition) is 1. The van der Waals surface area contributed by atoms with Crippen LogP contribution in [0, 0.1) is 0 Å². The molecule has 6 nitrogen and oxygen atoms in total. The second kappa shape index (κ2) is 6.01. The maximum atomic E-state index is 10.9. The highest BCUT2D eigenvalue weighted by Crippen LogP contribution is 2.20. The monoisotopic (exact) mass is 273 g/mol. The fraction of sp³-hybridized carbons (Fsp3) is 0.214. The number of nitrogens with zero attached hydrogens (tertiary/aromatic N) is 3. The molecule has 104 valence electrons. The molecule has 0 aliphatic heterocycles. The highest BCUT2D eigenvalue weighted by Gasteiger charge is 2.11. The van der Waals surface area contributed by atoms with Crippen molar-refractivity contribution in [2.45, 2.75) is 6.54 Å². The molecule has 0 bridgehead atoms. The zero-order valence-electron chi connectivity index (χ0n) is 11.3. The second-order valence-corrected chi connectivity index (χ2v) is 4.21. The van der Waals surface area contributed by atoms with Gasteiger partial charge in [0.15, 0.2) is 5.69 Å². The SMILES string of the molecule is COc1ccccc1CN(C)c1nccc(C(=O)O)n1. The van der Waals surface area contributed by atoms with Gasteiger partial charge in [0.05, 0.1) is 7.11 Å². The molecule has 2 aromatic rings. The molecule has 0 aliphatic rings. The van der Waals surface area contributed by atoms with Gasteiger partial charge in [0.2, 0.25) is 5.95 Å². The Morgan fingerprint density at radius 1 is 1.35 bits per heavy atom. The summed E-state index contributed by atoms with van der Waals surface area (Å²) >= 11 is 0. The van der Waals surface area contributed by atoms with Gasteiger partial charge in [0.25, 0.3) is 0 Å². The number of ether oxygens (including phenoxy) is 1. The topological polar surface area (TPSA) is 75.5 Å². The van der Waals surface area contributed by atoms with E-state index in [1.165, 1.54) is 12.3 Å². The highest BCUT2D eigenvalue weighted by atomic mass is 16.5. The van der Waals surface area contributed by atoms with Crippen LogP contribution in [0.3, 0.4) is 0 Å². The van der Waals surface area contributed by atoms with Crippen LogP contribution in [0.25, 0.3) is 0 Å². The van der Waals surface area contributed by atoms with Gasteiger partial charge in [-0.25, -0.2) is 14.8 Å². The van der Waals surface area contributed by atoms with Crippen LogP contribution in [0.1, 0.15) is 16.1 Å². The van der Waals surface area contributed by atoms with Crippen LogP contribution in [0.4, 0.5) is 5.95 Å². The van der Waals surface area contributed by atoms with Crippen molar-refractivity contribution >= 4 is 11.9 Å². The Kier molecular flexibility index (Phi) is 4.14. The number of carboxylic acid groups (broad SMARTS) is 1. The number of hydrogen-bond acceptors (Lipinski definition) is 5. The average Bonchev–Trinajstić information content (AvgIpc) is 2.48. The van der Waals surface area contributed by atoms with E-state index in [0.29, 0.717) is 12.5 Å². The van der Waals surface area contributed by atoms with Crippen LogP contribution in [0.5, 0.6) is 5.75 Å². The third-order valence-corrected chi connectivity index (χ3v) is 2.80. The normalized spacial score (nSPS) is 10.1. The van der Waals surface area contributed by atoms with Crippen LogP contribution in [0.2, 0.25) is 0 Å². The number of carboxylic acids is 1. The number of methoxy groups -OCH3 is 1. The molecule has 0 fully saturated rings. The van der Waals surface area contributed by atoms with Crippen molar-refractivity contribution in [3.63, 3.8) is 0 Å². The second-order valence-electron chi connectivity index (χ2n) is 4.21. The molecule has 1 heterocycles. The molecular formula is C14H15N3O3. The molecule has 0 radical (unpaired) electrons. The van der Waals surface area contributed by atoms with E-state index < -0.39 is 5.97 Å². The number of benzene rings is 1. The van der Waals surface area contributed by atoms with Gasteiger partial charge in [-0.15, -0.1) is 0 Å². The Morgan fingerprint density at radius 2 is 2.10 bits per heavy atom. The summed E-state index contributed by atoms with van der Waals surface area (Å²) in [5.74, 6) is 0.0592. The lowest BCUT2D eigenvalue weighted by atomic mass is 10.2. The Bertz CT molecular complexity index is 616. The fourth-order valence-corrected chi connectivity index (χ4v) is 1.81. The minimum atomic E-state index is -1.07. The molecule has 2 rings (SSSR count). The van der Waals surface area contributed by atoms with Gasteiger partial charge in [-0.1, -0.05) is 18.2 Å². The molecule has 1 N–H and O–H groups in total. The van der Waals surface area contributed by atoms with Crippen LogP contribution in [0.15, 0.2) is 36.5 Å². The summed E-state index contributed by atoms with van der Waals surface area (Å²) in [6, 6.07) is 8.99. The maximum absolute atomic E-state index is 10.9. The number of anilines is 1. The van der Waals surface area contributed by atoms with Gasteiger partial charge < -0.3 is 14.7 Å². The van der Waals surface area contributed by atoms with Crippen molar-refractivity contribution in [3.05, 3.63) is 47.8 Å². The van der Waals surface area contributed by atoms with Crippen LogP contribution < -0.4 is 9.64 Å². The molecule has 0 saturated carbocycles. The lowest BCUT2D eigenvalue weighted by Gasteiger charge is -2.18. The number of carbonyl (C=O) groups is 1. The molecular weight excluding hydrogens is 258 g/mol. The summed E-state index contributed by atoms with van der Waals surface area (Å²) in [4.78, 5) is 20.8. The van der Waals surface area contributed by atoms with E-state index in [2.05, 4.69) is 9.97 Å². The van der Waals surface area contributed by atoms with Crippen LogP contribution >= 0.6 is 0 Å². The first kappa shape index (κ1) is 13.8. The summed E-state index contributed by atoms with van der Waals surface area (Å²) in [5.41, 5.74) is 0.948.